The summed E-state index contributed by atoms with van der Waals surface area (Å²) in [5.41, 5.74) is 14.1. The van der Waals surface area contributed by atoms with E-state index in [1.807, 2.05) is 7.05 Å². The fourth-order valence-electron chi connectivity index (χ4n) is 1.67. The molecule has 1 aliphatic heterocycles. The highest BCUT2D eigenvalue weighted by atomic mass is 16.3. The zero-order valence-corrected chi connectivity index (χ0v) is 8.94. The highest BCUT2D eigenvalue weighted by Gasteiger charge is 2.27. The molecule has 0 aliphatic carbocycles. The van der Waals surface area contributed by atoms with Gasteiger partial charge < -0.3 is 16.6 Å². The van der Waals surface area contributed by atoms with Crippen LogP contribution in [0.25, 0.3) is 0 Å². The molecule has 5 heteroatoms. The Hall–Kier alpha value is -2.01. The summed E-state index contributed by atoms with van der Waals surface area (Å²) in [4.78, 5) is 4.35. The van der Waals surface area contributed by atoms with Crippen LogP contribution in [0.3, 0.4) is 0 Å². The summed E-state index contributed by atoms with van der Waals surface area (Å²) in [6, 6.07) is 5.00. The third-order valence-corrected chi connectivity index (χ3v) is 2.58. The second-order valence-corrected chi connectivity index (χ2v) is 3.56. The SMILES string of the molecule is CNC1N=C(c2ccc(O)c(N)c2)/C1=C/N. The van der Waals surface area contributed by atoms with Crippen molar-refractivity contribution in [3.8, 4) is 5.75 Å². The van der Waals surface area contributed by atoms with Crippen LogP contribution in [0.15, 0.2) is 35.0 Å². The van der Waals surface area contributed by atoms with E-state index >= 15 is 0 Å². The number of phenolic OH excluding ortho intramolecular Hbond substituents is 1. The number of phenols is 1. The lowest BCUT2D eigenvalue weighted by Crippen LogP contribution is -2.39. The normalized spacial score (nSPS) is 21.7. The van der Waals surface area contributed by atoms with Gasteiger partial charge in [0.25, 0.3) is 0 Å². The van der Waals surface area contributed by atoms with Gasteiger partial charge in [-0.05, 0) is 25.2 Å². The van der Waals surface area contributed by atoms with Crippen molar-refractivity contribution in [2.24, 2.45) is 10.7 Å². The summed E-state index contributed by atoms with van der Waals surface area (Å²) in [6.45, 7) is 0. The Bertz CT molecular complexity index is 479. The van der Waals surface area contributed by atoms with Crippen molar-refractivity contribution >= 4 is 11.4 Å². The van der Waals surface area contributed by atoms with Gasteiger partial charge in [0, 0.05) is 17.3 Å². The van der Waals surface area contributed by atoms with Crippen molar-refractivity contribution in [2.75, 3.05) is 12.8 Å². The molecule has 0 saturated carbocycles. The summed E-state index contributed by atoms with van der Waals surface area (Å²) in [5.74, 6) is 0.0760. The van der Waals surface area contributed by atoms with Crippen LogP contribution in [0.4, 0.5) is 5.69 Å². The topological polar surface area (TPSA) is 96.7 Å². The lowest BCUT2D eigenvalue weighted by Gasteiger charge is -2.27. The number of anilines is 1. The maximum absolute atomic E-state index is 9.32. The van der Waals surface area contributed by atoms with E-state index in [2.05, 4.69) is 10.3 Å². The van der Waals surface area contributed by atoms with E-state index in [1.54, 1.807) is 18.2 Å². The predicted molar refractivity (Wildman–Crippen MR) is 64.2 cm³/mol. The fourth-order valence-corrected chi connectivity index (χ4v) is 1.67. The highest BCUT2D eigenvalue weighted by molar-refractivity contribution is 6.17. The summed E-state index contributed by atoms with van der Waals surface area (Å²) in [7, 11) is 1.82. The van der Waals surface area contributed by atoms with E-state index in [9.17, 15) is 5.11 Å². The monoisotopic (exact) mass is 218 g/mol. The summed E-state index contributed by atoms with van der Waals surface area (Å²) in [6.07, 6.45) is 1.49. The molecule has 1 heterocycles. The lowest BCUT2D eigenvalue weighted by molar-refractivity contribution is 0.478. The van der Waals surface area contributed by atoms with Crippen molar-refractivity contribution < 1.29 is 5.11 Å². The molecule has 16 heavy (non-hydrogen) atoms. The second-order valence-electron chi connectivity index (χ2n) is 3.56. The second kappa shape index (κ2) is 3.86. The number of hydrogen-bond donors (Lipinski definition) is 4. The molecule has 0 fully saturated rings. The van der Waals surface area contributed by atoms with Crippen molar-refractivity contribution in [1.82, 2.24) is 5.32 Å². The molecule has 0 amide bonds. The molecule has 0 spiro atoms. The smallest absolute Gasteiger partial charge is 0.138 e. The van der Waals surface area contributed by atoms with Crippen LogP contribution in [0.5, 0.6) is 5.75 Å². The van der Waals surface area contributed by atoms with Gasteiger partial charge in [-0.25, -0.2) is 0 Å². The molecule has 1 atom stereocenters. The first-order valence-electron chi connectivity index (χ1n) is 4.93. The summed E-state index contributed by atoms with van der Waals surface area (Å²) in [5, 5.41) is 12.3. The van der Waals surface area contributed by atoms with E-state index in [0.29, 0.717) is 5.69 Å². The number of benzene rings is 1. The maximum Gasteiger partial charge on any atom is 0.138 e. The van der Waals surface area contributed by atoms with Crippen LogP contribution >= 0.6 is 0 Å². The van der Waals surface area contributed by atoms with E-state index < -0.39 is 0 Å². The van der Waals surface area contributed by atoms with Crippen molar-refractivity contribution in [2.45, 2.75) is 6.17 Å². The van der Waals surface area contributed by atoms with Gasteiger partial charge in [0.2, 0.25) is 0 Å². The van der Waals surface area contributed by atoms with Gasteiger partial charge in [-0.1, -0.05) is 0 Å². The number of aliphatic imine (C=N–C) groups is 1. The van der Waals surface area contributed by atoms with E-state index in [0.717, 1.165) is 16.8 Å². The number of nitrogen functional groups attached to an aromatic ring is 1. The van der Waals surface area contributed by atoms with E-state index in [4.69, 9.17) is 11.5 Å². The molecule has 6 N–H and O–H groups in total. The largest absolute Gasteiger partial charge is 0.506 e. The minimum Gasteiger partial charge on any atom is -0.506 e. The van der Waals surface area contributed by atoms with Gasteiger partial charge in [0.15, 0.2) is 0 Å². The summed E-state index contributed by atoms with van der Waals surface area (Å²) >= 11 is 0. The van der Waals surface area contributed by atoms with Gasteiger partial charge in [0.05, 0.1) is 11.4 Å². The van der Waals surface area contributed by atoms with Gasteiger partial charge in [-0.15, -0.1) is 0 Å². The molecule has 0 saturated heterocycles. The van der Waals surface area contributed by atoms with Crippen LogP contribution in [0.2, 0.25) is 0 Å². The summed E-state index contributed by atoms with van der Waals surface area (Å²) < 4.78 is 0. The van der Waals surface area contributed by atoms with Crippen molar-refractivity contribution in [3.05, 3.63) is 35.5 Å². The molecule has 1 unspecified atom stereocenters. The zero-order chi connectivity index (χ0) is 11.7. The quantitative estimate of drug-likeness (QED) is 0.420. The van der Waals surface area contributed by atoms with Gasteiger partial charge in [0.1, 0.15) is 11.9 Å². The minimum atomic E-state index is -0.0463. The average Bonchev–Trinajstić information content (AvgIpc) is 2.23. The Balaban J connectivity index is 2.37. The average molecular weight is 218 g/mol. The highest BCUT2D eigenvalue weighted by Crippen LogP contribution is 2.27. The molecule has 0 bridgehead atoms. The van der Waals surface area contributed by atoms with Crippen molar-refractivity contribution in [1.29, 1.82) is 0 Å². The number of rotatable bonds is 2. The molecule has 5 nitrogen and oxygen atoms in total. The van der Waals surface area contributed by atoms with Crippen LogP contribution in [0, 0.1) is 0 Å². The fraction of sp³-hybridized carbons (Fsp3) is 0.182. The lowest BCUT2D eigenvalue weighted by atomic mass is 9.95. The standard InChI is InChI=1S/C11H14N4O/c1-14-11-7(5-12)10(15-11)6-2-3-9(16)8(13)4-6/h2-5,11,14,16H,12-13H2,1H3/b7-5-. The minimum absolute atomic E-state index is 0.0463. The predicted octanol–water partition coefficient (Wildman–Crippen LogP) is 0.165. The number of nitrogens with zero attached hydrogens (tertiary/aromatic N) is 1. The molecular formula is C11H14N4O. The number of nitrogens with one attached hydrogen (secondary N) is 1. The van der Waals surface area contributed by atoms with Gasteiger partial charge >= 0.3 is 0 Å². The Labute approximate surface area is 93.5 Å². The number of hydrogen-bond acceptors (Lipinski definition) is 5. The Kier molecular flexibility index (Phi) is 2.54. The van der Waals surface area contributed by atoms with Gasteiger partial charge in [-0.3, -0.25) is 10.3 Å². The number of likely N-dealkylation sites (N-methyl/N-ethyl adjacent to an activating group) is 1. The van der Waals surface area contributed by atoms with Crippen LogP contribution in [-0.4, -0.2) is 24.0 Å². The number of aromatic hydroxyl groups is 1. The molecule has 1 aliphatic rings. The Morgan fingerprint density at radius 3 is 2.81 bits per heavy atom. The van der Waals surface area contributed by atoms with E-state index in [-0.39, 0.29) is 11.9 Å². The molecule has 2 rings (SSSR count). The number of nitrogens with two attached hydrogens (primary N) is 2. The third kappa shape index (κ3) is 1.51. The van der Waals surface area contributed by atoms with E-state index in [1.165, 1.54) is 6.20 Å². The zero-order valence-electron chi connectivity index (χ0n) is 8.94. The van der Waals surface area contributed by atoms with Crippen LogP contribution in [0.1, 0.15) is 5.56 Å². The van der Waals surface area contributed by atoms with Crippen molar-refractivity contribution in [3.63, 3.8) is 0 Å². The van der Waals surface area contributed by atoms with Gasteiger partial charge in [-0.2, -0.15) is 0 Å². The molecule has 1 aromatic carbocycles. The first kappa shape index (κ1) is 10.5. The third-order valence-electron chi connectivity index (χ3n) is 2.58. The molecule has 84 valence electrons. The molecule has 0 radical (unpaired) electrons. The molecule has 1 aromatic rings. The maximum atomic E-state index is 9.32. The van der Waals surface area contributed by atoms with Crippen LogP contribution in [-0.2, 0) is 0 Å². The Morgan fingerprint density at radius 2 is 2.25 bits per heavy atom. The first-order chi connectivity index (χ1) is 7.67. The Morgan fingerprint density at radius 1 is 1.50 bits per heavy atom. The molecule has 0 aromatic heterocycles. The first-order valence-corrected chi connectivity index (χ1v) is 4.93. The molecular weight excluding hydrogens is 204 g/mol. The van der Waals surface area contributed by atoms with Crippen LogP contribution < -0.4 is 16.8 Å².